The number of thiazole rings is 1. The van der Waals surface area contributed by atoms with Crippen molar-refractivity contribution in [3.8, 4) is 0 Å². The lowest BCUT2D eigenvalue weighted by atomic mass is 9.93. The van der Waals surface area contributed by atoms with Crippen molar-refractivity contribution in [1.29, 1.82) is 0 Å². The summed E-state index contributed by atoms with van der Waals surface area (Å²) in [6, 6.07) is 3.46. The van der Waals surface area contributed by atoms with E-state index in [-0.39, 0.29) is 17.0 Å². The Labute approximate surface area is 192 Å². The minimum absolute atomic E-state index is 0.170. The summed E-state index contributed by atoms with van der Waals surface area (Å²) in [5.74, 6) is 1.04. The number of aliphatic hydroxyl groups is 1. The molecule has 8 nitrogen and oxygen atoms in total. The van der Waals surface area contributed by atoms with Crippen LogP contribution < -0.4 is 10.6 Å². The van der Waals surface area contributed by atoms with E-state index in [9.17, 15) is 13.5 Å². The summed E-state index contributed by atoms with van der Waals surface area (Å²) in [6.45, 7) is 0.945. The molecule has 0 spiro atoms. The Bertz CT molecular complexity index is 1040. The number of hydrogen-bond acceptors (Lipinski definition) is 9. The number of rotatable bonds is 6. The topological polar surface area (TPSA) is 113 Å². The Morgan fingerprint density at radius 1 is 1.00 bits per heavy atom. The largest absolute Gasteiger partial charge is 0.393 e. The highest BCUT2D eigenvalue weighted by molar-refractivity contribution is 7.92. The number of nitrogens with one attached hydrogen (secondary N) is 2. The zero-order chi connectivity index (χ0) is 22.1. The molecule has 0 amide bonds. The van der Waals surface area contributed by atoms with Crippen molar-refractivity contribution >= 4 is 37.9 Å². The van der Waals surface area contributed by atoms with Gasteiger partial charge in [0.2, 0.25) is 0 Å². The average Bonchev–Trinajstić information content (AvgIpc) is 3.38. The van der Waals surface area contributed by atoms with Gasteiger partial charge in [-0.2, -0.15) is 0 Å². The standard InChI is InChI=1S/C22H30N4O4S2/c27-15-6-4-14(5-7-15)23-20-12-17(32(28,29)16-8-10-30-11-9-16)13-21(25-20)26-22-24-18-2-1-3-19(18)31-22/h12-16,27H,1-11H2,(H2,23,24,25,26). The molecule has 1 saturated heterocycles. The van der Waals surface area contributed by atoms with E-state index >= 15 is 0 Å². The van der Waals surface area contributed by atoms with Crippen LogP contribution in [0.25, 0.3) is 0 Å². The number of sulfone groups is 1. The number of ether oxygens (including phenoxy) is 1. The molecule has 3 aliphatic rings. The molecule has 3 heterocycles. The molecule has 0 aromatic carbocycles. The van der Waals surface area contributed by atoms with Gasteiger partial charge in [0.15, 0.2) is 15.0 Å². The van der Waals surface area contributed by atoms with Crippen molar-refractivity contribution in [2.75, 3.05) is 23.8 Å². The van der Waals surface area contributed by atoms with Gasteiger partial charge in [0.25, 0.3) is 0 Å². The Morgan fingerprint density at radius 3 is 2.50 bits per heavy atom. The lowest BCUT2D eigenvalue weighted by Gasteiger charge is -2.27. The van der Waals surface area contributed by atoms with E-state index < -0.39 is 15.1 Å². The molecule has 2 aliphatic carbocycles. The third-order valence-electron chi connectivity index (χ3n) is 6.61. The lowest BCUT2D eigenvalue weighted by Crippen LogP contribution is -2.30. The molecule has 5 rings (SSSR count). The zero-order valence-corrected chi connectivity index (χ0v) is 19.7. The molecule has 2 aromatic rings. The number of aliphatic hydroxyl groups excluding tert-OH is 1. The number of nitrogens with zero attached hydrogens (tertiary/aromatic N) is 2. The maximum absolute atomic E-state index is 13.4. The molecule has 2 aromatic heterocycles. The van der Waals surface area contributed by atoms with Crippen LogP contribution in [0, 0.1) is 0 Å². The van der Waals surface area contributed by atoms with Gasteiger partial charge in [0, 0.05) is 24.1 Å². The van der Waals surface area contributed by atoms with E-state index in [0.717, 1.165) is 55.8 Å². The van der Waals surface area contributed by atoms with Crippen LogP contribution in [0.5, 0.6) is 0 Å². The maximum Gasteiger partial charge on any atom is 0.188 e. The summed E-state index contributed by atoms with van der Waals surface area (Å²) in [5, 5.41) is 16.8. The highest BCUT2D eigenvalue weighted by Gasteiger charge is 2.31. The molecular weight excluding hydrogens is 448 g/mol. The van der Waals surface area contributed by atoms with Crippen molar-refractivity contribution in [2.24, 2.45) is 0 Å². The molecule has 3 N–H and O–H groups in total. The van der Waals surface area contributed by atoms with E-state index in [4.69, 9.17) is 4.74 Å². The quantitative estimate of drug-likeness (QED) is 0.579. The minimum Gasteiger partial charge on any atom is -0.393 e. The smallest absolute Gasteiger partial charge is 0.188 e. The van der Waals surface area contributed by atoms with Crippen LogP contribution in [0.2, 0.25) is 0 Å². The number of anilines is 3. The third-order valence-corrected chi connectivity index (χ3v) is 9.93. The minimum atomic E-state index is -3.50. The summed E-state index contributed by atoms with van der Waals surface area (Å²) >= 11 is 1.62. The first-order valence-electron chi connectivity index (χ1n) is 11.5. The molecule has 0 atom stereocenters. The summed E-state index contributed by atoms with van der Waals surface area (Å²) in [7, 11) is -3.50. The highest BCUT2D eigenvalue weighted by atomic mass is 32.2. The van der Waals surface area contributed by atoms with Crippen LogP contribution in [-0.2, 0) is 27.4 Å². The first kappa shape index (κ1) is 22.1. The molecule has 0 radical (unpaired) electrons. The Hall–Kier alpha value is -1.75. The predicted molar refractivity (Wildman–Crippen MR) is 125 cm³/mol. The van der Waals surface area contributed by atoms with E-state index in [0.29, 0.717) is 37.7 Å². The Kier molecular flexibility index (Phi) is 6.37. The number of aromatic nitrogens is 2. The van der Waals surface area contributed by atoms with Crippen molar-refractivity contribution < 1.29 is 18.3 Å². The van der Waals surface area contributed by atoms with E-state index in [1.165, 1.54) is 4.88 Å². The third kappa shape index (κ3) is 4.78. The van der Waals surface area contributed by atoms with Crippen LogP contribution >= 0.6 is 11.3 Å². The normalized spacial score (nSPS) is 24.3. The Balaban J connectivity index is 1.43. The van der Waals surface area contributed by atoms with Crippen LogP contribution in [-0.4, -0.2) is 54.1 Å². The second-order valence-electron chi connectivity index (χ2n) is 8.95. The van der Waals surface area contributed by atoms with Gasteiger partial charge in [-0.15, -0.1) is 11.3 Å². The van der Waals surface area contributed by atoms with Crippen molar-refractivity contribution in [3.63, 3.8) is 0 Å². The number of hydrogen-bond donors (Lipinski definition) is 3. The second-order valence-corrected chi connectivity index (χ2v) is 12.3. The molecule has 2 fully saturated rings. The van der Waals surface area contributed by atoms with Gasteiger partial charge in [0.05, 0.1) is 21.9 Å². The molecule has 1 aliphatic heterocycles. The van der Waals surface area contributed by atoms with Crippen LogP contribution in [0.15, 0.2) is 17.0 Å². The second kappa shape index (κ2) is 9.24. The van der Waals surface area contributed by atoms with E-state index in [2.05, 4.69) is 20.6 Å². The SMILES string of the molecule is O=S(=O)(c1cc(Nc2nc3c(s2)CCC3)nc(NC2CCC(O)CC2)c1)C1CCOCC1. The first-order chi connectivity index (χ1) is 15.5. The van der Waals surface area contributed by atoms with E-state index in [1.807, 2.05) is 0 Å². The predicted octanol–water partition coefficient (Wildman–Crippen LogP) is 3.44. The maximum atomic E-state index is 13.4. The van der Waals surface area contributed by atoms with Gasteiger partial charge < -0.3 is 20.5 Å². The Morgan fingerprint density at radius 2 is 1.75 bits per heavy atom. The first-order valence-corrected chi connectivity index (χ1v) is 13.9. The van der Waals surface area contributed by atoms with Gasteiger partial charge in [-0.1, -0.05) is 0 Å². The van der Waals surface area contributed by atoms with E-state index in [1.54, 1.807) is 23.5 Å². The van der Waals surface area contributed by atoms with Gasteiger partial charge in [0.1, 0.15) is 11.6 Å². The van der Waals surface area contributed by atoms with Crippen LogP contribution in [0.1, 0.15) is 55.5 Å². The summed E-state index contributed by atoms with van der Waals surface area (Å²) in [5.41, 5.74) is 1.14. The molecule has 32 heavy (non-hydrogen) atoms. The van der Waals surface area contributed by atoms with Crippen molar-refractivity contribution in [2.45, 2.75) is 80.1 Å². The molecule has 1 saturated carbocycles. The fourth-order valence-corrected chi connectivity index (χ4v) is 7.58. The van der Waals surface area contributed by atoms with Crippen molar-refractivity contribution in [1.82, 2.24) is 9.97 Å². The van der Waals surface area contributed by atoms with Crippen molar-refractivity contribution in [3.05, 3.63) is 22.7 Å². The van der Waals surface area contributed by atoms with Gasteiger partial charge in [-0.05, 0) is 69.9 Å². The molecular formula is C22H30N4O4S2. The number of pyridine rings is 1. The fraction of sp³-hybridized carbons (Fsp3) is 0.636. The zero-order valence-electron chi connectivity index (χ0n) is 18.0. The van der Waals surface area contributed by atoms with Crippen LogP contribution in [0.3, 0.4) is 0 Å². The van der Waals surface area contributed by atoms with Gasteiger partial charge in [-0.25, -0.2) is 18.4 Å². The van der Waals surface area contributed by atoms with Crippen LogP contribution in [0.4, 0.5) is 16.8 Å². The number of aryl methyl sites for hydroxylation is 2. The van der Waals surface area contributed by atoms with Gasteiger partial charge >= 0.3 is 0 Å². The molecule has 0 bridgehead atoms. The molecule has 0 unspecified atom stereocenters. The molecule has 10 heteroatoms. The molecule has 174 valence electrons. The van der Waals surface area contributed by atoms with Gasteiger partial charge in [-0.3, -0.25) is 0 Å². The monoisotopic (exact) mass is 478 g/mol. The lowest BCUT2D eigenvalue weighted by molar-refractivity contribution is 0.0983. The average molecular weight is 479 g/mol. The summed E-state index contributed by atoms with van der Waals surface area (Å²) in [4.78, 5) is 10.9. The summed E-state index contributed by atoms with van der Waals surface area (Å²) < 4.78 is 32.2. The highest BCUT2D eigenvalue weighted by Crippen LogP contribution is 2.34. The number of fused-ring (bicyclic) bond motifs is 1. The summed E-state index contributed by atoms with van der Waals surface area (Å²) in [6.07, 6.45) is 7.14. The fourth-order valence-electron chi connectivity index (χ4n) is 4.77.